The summed E-state index contributed by atoms with van der Waals surface area (Å²) in [5.41, 5.74) is 4.18. The van der Waals surface area contributed by atoms with Gasteiger partial charge in [-0.05, 0) is 23.1 Å². The highest BCUT2D eigenvalue weighted by Gasteiger charge is 2.35. The summed E-state index contributed by atoms with van der Waals surface area (Å²) < 4.78 is 0. The van der Waals surface area contributed by atoms with Crippen LogP contribution in [-0.4, -0.2) is 0 Å². The molecule has 1 unspecified atom stereocenters. The minimum Gasteiger partial charge on any atom is -0.302 e. The summed E-state index contributed by atoms with van der Waals surface area (Å²) >= 11 is 0. The van der Waals surface area contributed by atoms with Crippen molar-refractivity contribution in [1.82, 2.24) is 5.32 Å². The van der Waals surface area contributed by atoms with E-state index in [1.165, 1.54) is 16.7 Å². The molecule has 0 amide bonds. The van der Waals surface area contributed by atoms with Gasteiger partial charge in [0.25, 0.3) is 0 Å². The molecular formula is C22H21N. The van der Waals surface area contributed by atoms with E-state index in [0.29, 0.717) is 18.0 Å². The van der Waals surface area contributed by atoms with Gasteiger partial charge in [0, 0.05) is 18.0 Å². The molecule has 3 aromatic rings. The standard InChI is InChI=1S/C22H21N/c1-4-10-17(11-5-1)20-16-21(18-12-6-2-7-13-18)23-22(20)19-14-8-3-9-15-19/h1-15,20-23H,16H2/t20-,21?,22-/m1/s1. The molecule has 4 rings (SSSR count). The molecule has 0 saturated carbocycles. The first-order chi connectivity index (χ1) is 11.4. The Kier molecular flexibility index (Phi) is 3.95. The van der Waals surface area contributed by atoms with Crippen LogP contribution in [0.25, 0.3) is 0 Å². The Morgan fingerprint density at radius 2 is 1.04 bits per heavy atom. The molecule has 0 aliphatic carbocycles. The van der Waals surface area contributed by atoms with Gasteiger partial charge in [0.05, 0.1) is 0 Å². The van der Waals surface area contributed by atoms with Gasteiger partial charge in [-0.2, -0.15) is 0 Å². The highest BCUT2D eigenvalue weighted by Crippen LogP contribution is 2.45. The fraction of sp³-hybridized carbons (Fsp3) is 0.182. The summed E-state index contributed by atoms with van der Waals surface area (Å²) in [4.78, 5) is 0. The first kappa shape index (κ1) is 14.2. The van der Waals surface area contributed by atoms with E-state index in [9.17, 15) is 0 Å². The van der Waals surface area contributed by atoms with Crippen molar-refractivity contribution in [1.29, 1.82) is 0 Å². The molecule has 0 radical (unpaired) electrons. The zero-order valence-electron chi connectivity index (χ0n) is 13.1. The summed E-state index contributed by atoms with van der Waals surface area (Å²) in [7, 11) is 0. The van der Waals surface area contributed by atoms with Crippen molar-refractivity contribution in [3.8, 4) is 0 Å². The number of nitrogens with one attached hydrogen (secondary N) is 1. The Hall–Kier alpha value is -2.38. The first-order valence-electron chi connectivity index (χ1n) is 8.33. The van der Waals surface area contributed by atoms with Crippen LogP contribution in [0.3, 0.4) is 0 Å². The van der Waals surface area contributed by atoms with Crippen molar-refractivity contribution in [3.05, 3.63) is 108 Å². The van der Waals surface area contributed by atoms with E-state index in [-0.39, 0.29) is 0 Å². The lowest BCUT2D eigenvalue weighted by atomic mass is 9.86. The van der Waals surface area contributed by atoms with Crippen LogP contribution >= 0.6 is 0 Å². The zero-order valence-corrected chi connectivity index (χ0v) is 13.1. The Bertz CT molecular complexity index is 689. The Labute approximate surface area is 138 Å². The van der Waals surface area contributed by atoms with E-state index in [1.54, 1.807) is 0 Å². The lowest BCUT2D eigenvalue weighted by Gasteiger charge is -2.20. The minimum absolute atomic E-state index is 0.365. The van der Waals surface area contributed by atoms with E-state index in [2.05, 4.69) is 96.3 Å². The third kappa shape index (κ3) is 2.93. The largest absolute Gasteiger partial charge is 0.302 e. The fourth-order valence-corrected chi connectivity index (χ4v) is 3.73. The smallest absolute Gasteiger partial charge is 0.0395 e. The highest BCUT2D eigenvalue weighted by atomic mass is 15.0. The van der Waals surface area contributed by atoms with Gasteiger partial charge in [0.1, 0.15) is 0 Å². The molecule has 1 heterocycles. The molecule has 1 saturated heterocycles. The molecule has 0 bridgehead atoms. The number of benzene rings is 3. The topological polar surface area (TPSA) is 12.0 Å². The van der Waals surface area contributed by atoms with Crippen molar-refractivity contribution in [2.45, 2.75) is 24.4 Å². The predicted molar refractivity (Wildman–Crippen MR) is 95.3 cm³/mol. The SMILES string of the molecule is c1ccc(C2C[C@H](c3ccccc3)[C@@H](c3ccccc3)N2)cc1. The van der Waals surface area contributed by atoms with Gasteiger partial charge < -0.3 is 5.32 Å². The molecule has 1 nitrogen and oxygen atoms in total. The second-order valence-electron chi connectivity index (χ2n) is 6.27. The maximum Gasteiger partial charge on any atom is 0.0395 e. The van der Waals surface area contributed by atoms with E-state index in [0.717, 1.165) is 6.42 Å². The lowest BCUT2D eigenvalue weighted by molar-refractivity contribution is 0.554. The summed E-state index contributed by atoms with van der Waals surface area (Å²) in [6.45, 7) is 0. The van der Waals surface area contributed by atoms with Crippen molar-refractivity contribution < 1.29 is 0 Å². The van der Waals surface area contributed by atoms with Crippen LogP contribution in [0.15, 0.2) is 91.0 Å². The van der Waals surface area contributed by atoms with Crippen molar-refractivity contribution in [2.75, 3.05) is 0 Å². The third-order valence-electron chi connectivity index (χ3n) is 4.86. The van der Waals surface area contributed by atoms with Crippen LogP contribution in [0.5, 0.6) is 0 Å². The lowest BCUT2D eigenvalue weighted by Crippen LogP contribution is -2.19. The molecular weight excluding hydrogens is 278 g/mol. The molecule has 1 aliphatic heterocycles. The van der Waals surface area contributed by atoms with Crippen LogP contribution in [0.1, 0.15) is 41.1 Å². The van der Waals surface area contributed by atoms with Crippen LogP contribution in [-0.2, 0) is 0 Å². The van der Waals surface area contributed by atoms with Gasteiger partial charge >= 0.3 is 0 Å². The fourth-order valence-electron chi connectivity index (χ4n) is 3.73. The quantitative estimate of drug-likeness (QED) is 0.697. The van der Waals surface area contributed by atoms with Crippen molar-refractivity contribution in [3.63, 3.8) is 0 Å². The van der Waals surface area contributed by atoms with Gasteiger partial charge in [0.2, 0.25) is 0 Å². The molecule has 3 atom stereocenters. The van der Waals surface area contributed by atoms with Gasteiger partial charge in [-0.1, -0.05) is 91.0 Å². The molecule has 1 fully saturated rings. The molecule has 23 heavy (non-hydrogen) atoms. The van der Waals surface area contributed by atoms with Crippen molar-refractivity contribution in [2.24, 2.45) is 0 Å². The second-order valence-corrected chi connectivity index (χ2v) is 6.27. The van der Waals surface area contributed by atoms with E-state index in [1.807, 2.05) is 0 Å². The van der Waals surface area contributed by atoms with Crippen LogP contribution in [0.4, 0.5) is 0 Å². The molecule has 1 heteroatoms. The third-order valence-corrected chi connectivity index (χ3v) is 4.86. The Morgan fingerprint density at radius 3 is 1.61 bits per heavy atom. The molecule has 0 spiro atoms. The summed E-state index contributed by atoms with van der Waals surface area (Å²) in [6.07, 6.45) is 1.13. The number of rotatable bonds is 3. The van der Waals surface area contributed by atoms with Crippen LogP contribution < -0.4 is 5.32 Å². The number of hydrogen-bond acceptors (Lipinski definition) is 1. The van der Waals surface area contributed by atoms with E-state index >= 15 is 0 Å². The summed E-state index contributed by atoms with van der Waals surface area (Å²) in [6, 6.07) is 33.3. The Morgan fingerprint density at radius 1 is 0.565 bits per heavy atom. The second kappa shape index (κ2) is 6.39. The predicted octanol–water partition coefficient (Wildman–Crippen LogP) is 5.25. The maximum atomic E-state index is 3.87. The monoisotopic (exact) mass is 299 g/mol. The van der Waals surface area contributed by atoms with Gasteiger partial charge in [-0.3, -0.25) is 0 Å². The molecule has 1 aliphatic rings. The van der Waals surface area contributed by atoms with Crippen molar-refractivity contribution >= 4 is 0 Å². The van der Waals surface area contributed by atoms with Gasteiger partial charge in [-0.15, -0.1) is 0 Å². The summed E-state index contributed by atoms with van der Waals surface area (Å²) in [5, 5.41) is 3.87. The number of hydrogen-bond donors (Lipinski definition) is 1. The van der Waals surface area contributed by atoms with Gasteiger partial charge in [0.15, 0.2) is 0 Å². The first-order valence-corrected chi connectivity index (χ1v) is 8.33. The average molecular weight is 299 g/mol. The highest BCUT2D eigenvalue weighted by molar-refractivity contribution is 5.33. The zero-order chi connectivity index (χ0) is 15.5. The van der Waals surface area contributed by atoms with Gasteiger partial charge in [-0.25, -0.2) is 0 Å². The molecule has 3 aromatic carbocycles. The van der Waals surface area contributed by atoms with Crippen LogP contribution in [0, 0.1) is 0 Å². The summed E-state index contributed by atoms with van der Waals surface area (Å²) in [5.74, 6) is 0.504. The molecule has 0 aromatic heterocycles. The van der Waals surface area contributed by atoms with E-state index in [4.69, 9.17) is 0 Å². The van der Waals surface area contributed by atoms with Crippen LogP contribution in [0.2, 0.25) is 0 Å². The Balaban J connectivity index is 1.70. The normalized spacial score (nSPS) is 23.7. The maximum absolute atomic E-state index is 3.87. The molecule has 114 valence electrons. The van der Waals surface area contributed by atoms with E-state index < -0.39 is 0 Å². The minimum atomic E-state index is 0.365. The average Bonchev–Trinajstić information content (AvgIpc) is 3.09. The molecule has 1 N–H and O–H groups in total.